The van der Waals surface area contributed by atoms with Crippen LogP contribution in [-0.4, -0.2) is 42.5 Å². The van der Waals surface area contributed by atoms with Gasteiger partial charge in [0.2, 0.25) is 5.91 Å². The summed E-state index contributed by atoms with van der Waals surface area (Å²) >= 11 is 0. The maximum atomic E-state index is 12.4. The predicted molar refractivity (Wildman–Crippen MR) is 82.4 cm³/mol. The van der Waals surface area contributed by atoms with Crippen LogP contribution in [0.5, 0.6) is 0 Å². The van der Waals surface area contributed by atoms with Gasteiger partial charge in [-0.05, 0) is 58.0 Å². The number of nitrogens with one attached hydrogen (secondary N) is 1. The van der Waals surface area contributed by atoms with Crippen LogP contribution in [0.4, 0.5) is 0 Å². The normalized spacial score (nSPS) is 33.6. The van der Waals surface area contributed by atoms with Crippen molar-refractivity contribution in [2.75, 3.05) is 19.6 Å². The van der Waals surface area contributed by atoms with Gasteiger partial charge in [0.15, 0.2) is 0 Å². The van der Waals surface area contributed by atoms with Crippen LogP contribution in [0.1, 0.15) is 52.4 Å². The van der Waals surface area contributed by atoms with Crippen LogP contribution >= 0.6 is 0 Å². The van der Waals surface area contributed by atoms with E-state index in [2.05, 4.69) is 24.1 Å². The van der Waals surface area contributed by atoms with Gasteiger partial charge in [0.05, 0.1) is 0 Å². The van der Waals surface area contributed by atoms with E-state index in [0.29, 0.717) is 5.92 Å². The van der Waals surface area contributed by atoms with E-state index in [-0.39, 0.29) is 23.9 Å². The molecule has 1 heterocycles. The van der Waals surface area contributed by atoms with Crippen molar-refractivity contribution in [2.24, 2.45) is 17.6 Å². The Balaban J connectivity index is 1.75. The summed E-state index contributed by atoms with van der Waals surface area (Å²) in [5.41, 5.74) is 6.05. The van der Waals surface area contributed by atoms with Crippen molar-refractivity contribution in [1.82, 2.24) is 10.2 Å². The molecule has 4 nitrogen and oxygen atoms in total. The monoisotopic (exact) mass is 281 g/mol. The lowest BCUT2D eigenvalue weighted by atomic mass is 9.79. The summed E-state index contributed by atoms with van der Waals surface area (Å²) in [4.78, 5) is 14.8. The van der Waals surface area contributed by atoms with Crippen LogP contribution in [0.3, 0.4) is 0 Å². The van der Waals surface area contributed by atoms with Gasteiger partial charge in [-0.2, -0.15) is 0 Å². The Hall–Kier alpha value is -0.610. The molecule has 2 fully saturated rings. The zero-order valence-electron chi connectivity index (χ0n) is 13.1. The van der Waals surface area contributed by atoms with Gasteiger partial charge < -0.3 is 16.0 Å². The van der Waals surface area contributed by atoms with E-state index < -0.39 is 0 Å². The summed E-state index contributed by atoms with van der Waals surface area (Å²) in [6.07, 6.45) is 6.87. The van der Waals surface area contributed by atoms with Gasteiger partial charge in [0.1, 0.15) is 0 Å². The fourth-order valence-corrected chi connectivity index (χ4v) is 3.81. The molecule has 0 aromatic carbocycles. The molecule has 4 heteroatoms. The van der Waals surface area contributed by atoms with E-state index in [4.69, 9.17) is 5.73 Å². The summed E-state index contributed by atoms with van der Waals surface area (Å²) in [6.45, 7) is 7.69. The molecule has 0 aromatic heterocycles. The van der Waals surface area contributed by atoms with Gasteiger partial charge in [-0.1, -0.05) is 13.3 Å². The highest BCUT2D eigenvalue weighted by Gasteiger charge is 2.30. The number of hydrogen-bond acceptors (Lipinski definition) is 3. The Morgan fingerprint density at radius 3 is 2.60 bits per heavy atom. The van der Waals surface area contributed by atoms with E-state index in [1.54, 1.807) is 0 Å². The third kappa shape index (κ3) is 4.74. The Morgan fingerprint density at radius 2 is 1.95 bits per heavy atom. The van der Waals surface area contributed by atoms with Crippen LogP contribution < -0.4 is 11.1 Å². The van der Waals surface area contributed by atoms with Crippen LogP contribution in [0, 0.1) is 11.8 Å². The van der Waals surface area contributed by atoms with E-state index >= 15 is 0 Å². The van der Waals surface area contributed by atoms with Gasteiger partial charge in [-0.3, -0.25) is 4.79 Å². The molecule has 4 atom stereocenters. The van der Waals surface area contributed by atoms with Gasteiger partial charge in [0.25, 0.3) is 0 Å². The number of nitrogens with zero attached hydrogens (tertiary/aromatic N) is 1. The molecule has 0 bridgehead atoms. The largest absolute Gasteiger partial charge is 0.352 e. The first-order valence-electron chi connectivity index (χ1n) is 8.33. The van der Waals surface area contributed by atoms with Crippen molar-refractivity contribution in [3.63, 3.8) is 0 Å². The smallest absolute Gasteiger partial charge is 0.223 e. The Kier molecular flexibility index (Phi) is 5.85. The quantitative estimate of drug-likeness (QED) is 0.825. The summed E-state index contributed by atoms with van der Waals surface area (Å²) in [5, 5.41) is 3.20. The van der Waals surface area contributed by atoms with Crippen molar-refractivity contribution in [3.8, 4) is 0 Å². The first-order valence-corrected chi connectivity index (χ1v) is 8.33. The van der Waals surface area contributed by atoms with Crippen LogP contribution in [0.25, 0.3) is 0 Å². The maximum Gasteiger partial charge on any atom is 0.223 e. The van der Waals surface area contributed by atoms with Crippen molar-refractivity contribution in [3.05, 3.63) is 0 Å². The number of likely N-dealkylation sites (tertiary alicyclic amines) is 1. The van der Waals surface area contributed by atoms with Gasteiger partial charge >= 0.3 is 0 Å². The summed E-state index contributed by atoms with van der Waals surface area (Å²) in [5.74, 6) is 0.918. The minimum atomic E-state index is 0.123. The second-order valence-corrected chi connectivity index (χ2v) is 7.04. The Morgan fingerprint density at radius 1 is 1.25 bits per heavy atom. The highest BCUT2D eigenvalue weighted by Crippen LogP contribution is 2.28. The standard InChI is InChI=1S/C16H31N3O/c1-12-8-14(10-15(17)9-12)16(20)18-13(2)11-19-6-4-3-5-7-19/h12-15H,3-11,17H2,1-2H3,(H,18,20). The van der Waals surface area contributed by atoms with E-state index in [0.717, 1.165) is 25.8 Å². The topological polar surface area (TPSA) is 58.4 Å². The molecule has 3 N–H and O–H groups in total. The molecule has 1 saturated heterocycles. The lowest BCUT2D eigenvalue weighted by molar-refractivity contribution is -0.127. The average molecular weight is 281 g/mol. The van der Waals surface area contributed by atoms with E-state index in [1.807, 2.05) is 0 Å². The third-order valence-corrected chi connectivity index (χ3v) is 4.72. The highest BCUT2D eigenvalue weighted by molar-refractivity contribution is 5.79. The van der Waals surface area contributed by atoms with Gasteiger partial charge in [-0.25, -0.2) is 0 Å². The second-order valence-electron chi connectivity index (χ2n) is 7.04. The van der Waals surface area contributed by atoms with Crippen molar-refractivity contribution in [2.45, 2.75) is 64.5 Å². The molecule has 1 saturated carbocycles. The van der Waals surface area contributed by atoms with Crippen molar-refractivity contribution >= 4 is 5.91 Å². The first kappa shape index (κ1) is 15.8. The molecule has 0 spiro atoms. The number of hydrogen-bond donors (Lipinski definition) is 2. The summed E-state index contributed by atoms with van der Waals surface area (Å²) < 4.78 is 0. The first-order chi connectivity index (χ1) is 9.54. The molecule has 0 radical (unpaired) electrons. The van der Waals surface area contributed by atoms with Crippen LogP contribution in [-0.2, 0) is 4.79 Å². The summed E-state index contributed by atoms with van der Waals surface area (Å²) in [7, 11) is 0. The summed E-state index contributed by atoms with van der Waals surface area (Å²) in [6, 6.07) is 0.445. The SMILES string of the molecule is CC1CC(N)CC(C(=O)NC(C)CN2CCCCC2)C1. The van der Waals surface area contributed by atoms with Crippen LogP contribution in [0.2, 0.25) is 0 Å². The van der Waals surface area contributed by atoms with E-state index in [1.165, 1.54) is 32.4 Å². The molecule has 2 rings (SSSR count). The Labute approximate surface area is 123 Å². The zero-order chi connectivity index (χ0) is 14.5. The average Bonchev–Trinajstić information content (AvgIpc) is 2.38. The number of amides is 1. The lowest BCUT2D eigenvalue weighted by Crippen LogP contribution is -2.47. The van der Waals surface area contributed by atoms with Gasteiger partial charge in [0, 0.05) is 24.5 Å². The number of piperidine rings is 1. The molecule has 20 heavy (non-hydrogen) atoms. The fourth-order valence-electron chi connectivity index (χ4n) is 3.81. The molecular formula is C16H31N3O. The minimum Gasteiger partial charge on any atom is -0.352 e. The van der Waals surface area contributed by atoms with Crippen molar-refractivity contribution in [1.29, 1.82) is 0 Å². The van der Waals surface area contributed by atoms with Gasteiger partial charge in [-0.15, -0.1) is 0 Å². The number of nitrogens with two attached hydrogens (primary N) is 1. The molecule has 2 aliphatic rings. The van der Waals surface area contributed by atoms with Crippen molar-refractivity contribution < 1.29 is 4.79 Å². The zero-order valence-corrected chi connectivity index (χ0v) is 13.1. The lowest BCUT2D eigenvalue weighted by Gasteiger charge is -2.33. The molecule has 116 valence electrons. The second kappa shape index (κ2) is 7.41. The highest BCUT2D eigenvalue weighted by atomic mass is 16.1. The fraction of sp³-hybridized carbons (Fsp3) is 0.938. The molecule has 1 amide bonds. The number of rotatable bonds is 4. The molecular weight excluding hydrogens is 250 g/mol. The molecule has 0 aromatic rings. The maximum absolute atomic E-state index is 12.4. The molecule has 1 aliphatic carbocycles. The minimum absolute atomic E-state index is 0.123. The third-order valence-electron chi connectivity index (χ3n) is 4.72. The molecule has 1 aliphatic heterocycles. The van der Waals surface area contributed by atoms with E-state index in [9.17, 15) is 4.79 Å². The number of carbonyl (C=O) groups excluding carboxylic acids is 1. The predicted octanol–water partition coefficient (Wildman–Crippen LogP) is 1.74. The van der Waals surface area contributed by atoms with Crippen LogP contribution in [0.15, 0.2) is 0 Å². The molecule has 4 unspecified atom stereocenters. The number of carbonyl (C=O) groups is 1. The Bertz CT molecular complexity index is 305.